The van der Waals surface area contributed by atoms with Crippen molar-refractivity contribution in [2.75, 3.05) is 23.3 Å². The minimum absolute atomic E-state index is 0.0575. The molecular formula is C15H18N4O. The van der Waals surface area contributed by atoms with Crippen LogP contribution < -0.4 is 10.2 Å². The van der Waals surface area contributed by atoms with E-state index in [1.807, 2.05) is 6.07 Å². The molecule has 1 fully saturated rings. The van der Waals surface area contributed by atoms with E-state index in [-0.39, 0.29) is 6.61 Å². The average molecular weight is 270 g/mol. The van der Waals surface area contributed by atoms with Crippen LogP contribution in [0.4, 0.5) is 11.6 Å². The number of aromatic nitrogens is 2. The molecule has 1 unspecified atom stereocenters. The summed E-state index contributed by atoms with van der Waals surface area (Å²) in [6.07, 6.45) is 2.73. The molecule has 5 heteroatoms. The van der Waals surface area contributed by atoms with E-state index in [0.29, 0.717) is 17.7 Å². The van der Waals surface area contributed by atoms with E-state index in [2.05, 4.69) is 44.5 Å². The highest BCUT2D eigenvalue weighted by atomic mass is 16.3. The first kappa shape index (κ1) is 12.9. The Kier molecular flexibility index (Phi) is 3.78. The maximum Gasteiger partial charge on any atom is 0.223 e. The number of anilines is 2. The number of hydrogen-bond donors (Lipinski definition) is 2. The normalized spacial score (nSPS) is 18.2. The van der Waals surface area contributed by atoms with Crippen molar-refractivity contribution in [3.63, 3.8) is 0 Å². The van der Waals surface area contributed by atoms with Gasteiger partial charge in [0, 0.05) is 31.0 Å². The van der Waals surface area contributed by atoms with Gasteiger partial charge in [-0.3, -0.25) is 0 Å². The number of para-hydroxylation sites is 1. The van der Waals surface area contributed by atoms with Gasteiger partial charge in [-0.2, -0.15) is 0 Å². The molecule has 0 radical (unpaired) electrons. The fraction of sp³-hybridized carbons (Fsp3) is 0.333. The van der Waals surface area contributed by atoms with Gasteiger partial charge in [0.1, 0.15) is 0 Å². The second kappa shape index (κ2) is 5.88. The number of hydrogen-bond acceptors (Lipinski definition) is 5. The number of aliphatic hydroxyl groups excluding tert-OH is 1. The van der Waals surface area contributed by atoms with Crippen molar-refractivity contribution in [2.24, 2.45) is 0 Å². The summed E-state index contributed by atoms with van der Waals surface area (Å²) >= 11 is 0. The summed E-state index contributed by atoms with van der Waals surface area (Å²) in [6.45, 7) is 1.91. The summed E-state index contributed by atoms with van der Waals surface area (Å²) in [4.78, 5) is 10.8. The number of aliphatic hydroxyl groups is 1. The first-order valence-electron chi connectivity index (χ1n) is 6.84. The summed E-state index contributed by atoms with van der Waals surface area (Å²) in [5, 5.41) is 12.4. The van der Waals surface area contributed by atoms with E-state index in [9.17, 15) is 0 Å². The van der Waals surface area contributed by atoms with Gasteiger partial charge in [-0.1, -0.05) is 18.2 Å². The molecule has 104 valence electrons. The number of nitrogens with one attached hydrogen (secondary N) is 1. The third-order valence-corrected chi connectivity index (χ3v) is 3.52. The molecule has 20 heavy (non-hydrogen) atoms. The molecule has 1 aromatic heterocycles. The molecule has 0 amide bonds. The van der Waals surface area contributed by atoms with Crippen molar-refractivity contribution in [1.29, 1.82) is 0 Å². The summed E-state index contributed by atoms with van der Waals surface area (Å²) in [5.74, 6) is 0.594. The molecule has 1 saturated heterocycles. The lowest BCUT2D eigenvalue weighted by atomic mass is 10.3. The number of nitrogens with zero attached hydrogens (tertiary/aromatic N) is 3. The minimum atomic E-state index is -0.0575. The second-order valence-electron chi connectivity index (χ2n) is 4.94. The summed E-state index contributed by atoms with van der Waals surface area (Å²) in [6, 6.07) is 12.5. The van der Waals surface area contributed by atoms with Gasteiger partial charge < -0.3 is 15.3 Å². The Bertz CT molecular complexity index is 561. The Morgan fingerprint density at radius 2 is 2.10 bits per heavy atom. The molecule has 2 heterocycles. The van der Waals surface area contributed by atoms with Crippen LogP contribution in [-0.2, 0) is 6.61 Å². The highest BCUT2D eigenvalue weighted by Crippen LogP contribution is 2.21. The Morgan fingerprint density at radius 1 is 1.25 bits per heavy atom. The van der Waals surface area contributed by atoms with E-state index in [1.165, 1.54) is 5.69 Å². The Morgan fingerprint density at radius 3 is 2.90 bits per heavy atom. The highest BCUT2D eigenvalue weighted by Gasteiger charge is 2.23. The lowest BCUT2D eigenvalue weighted by Crippen LogP contribution is -2.26. The zero-order valence-electron chi connectivity index (χ0n) is 11.2. The van der Waals surface area contributed by atoms with Crippen LogP contribution >= 0.6 is 0 Å². The number of benzene rings is 1. The van der Waals surface area contributed by atoms with Gasteiger partial charge in [0.25, 0.3) is 0 Å². The maximum absolute atomic E-state index is 9.09. The molecule has 5 nitrogen and oxygen atoms in total. The van der Waals surface area contributed by atoms with Crippen molar-refractivity contribution in [3.8, 4) is 0 Å². The average Bonchev–Trinajstić information content (AvgIpc) is 2.97. The third-order valence-electron chi connectivity index (χ3n) is 3.52. The Hall–Kier alpha value is -2.14. The quantitative estimate of drug-likeness (QED) is 0.884. The summed E-state index contributed by atoms with van der Waals surface area (Å²) < 4.78 is 0. The predicted octanol–water partition coefficient (Wildman–Crippen LogP) is 1.66. The van der Waals surface area contributed by atoms with Gasteiger partial charge in [-0.15, -0.1) is 0 Å². The van der Waals surface area contributed by atoms with Gasteiger partial charge in [-0.05, 0) is 24.6 Å². The van der Waals surface area contributed by atoms with Crippen LogP contribution in [-0.4, -0.2) is 34.2 Å². The van der Waals surface area contributed by atoms with Crippen LogP contribution in [0, 0.1) is 0 Å². The monoisotopic (exact) mass is 270 g/mol. The molecule has 1 aliphatic rings. The Balaban J connectivity index is 1.63. The zero-order chi connectivity index (χ0) is 13.8. The third kappa shape index (κ3) is 2.88. The van der Waals surface area contributed by atoms with Gasteiger partial charge in [0.15, 0.2) is 0 Å². The molecule has 2 aromatic rings. The van der Waals surface area contributed by atoms with E-state index in [4.69, 9.17) is 5.11 Å². The molecule has 0 saturated carbocycles. The molecular weight excluding hydrogens is 252 g/mol. The second-order valence-corrected chi connectivity index (χ2v) is 4.94. The zero-order valence-corrected chi connectivity index (χ0v) is 11.2. The lowest BCUT2D eigenvalue weighted by Gasteiger charge is -2.19. The highest BCUT2D eigenvalue weighted by molar-refractivity contribution is 5.48. The van der Waals surface area contributed by atoms with E-state index >= 15 is 0 Å². The van der Waals surface area contributed by atoms with Gasteiger partial charge >= 0.3 is 0 Å². The standard InChI is InChI=1S/C15H18N4O/c20-11-13-6-8-16-15(18-13)17-12-7-9-19(10-12)14-4-2-1-3-5-14/h1-6,8,12,20H,7,9-11H2,(H,16,17,18). The topological polar surface area (TPSA) is 61.3 Å². The molecule has 1 aromatic carbocycles. The fourth-order valence-corrected chi connectivity index (χ4v) is 2.49. The smallest absolute Gasteiger partial charge is 0.223 e. The van der Waals surface area contributed by atoms with Crippen molar-refractivity contribution in [1.82, 2.24) is 9.97 Å². The van der Waals surface area contributed by atoms with Crippen LogP contribution in [0.2, 0.25) is 0 Å². The Labute approximate surface area is 118 Å². The van der Waals surface area contributed by atoms with Crippen LogP contribution in [0.25, 0.3) is 0 Å². The van der Waals surface area contributed by atoms with Crippen molar-refractivity contribution < 1.29 is 5.11 Å². The molecule has 1 atom stereocenters. The molecule has 0 aliphatic carbocycles. The lowest BCUT2D eigenvalue weighted by molar-refractivity contribution is 0.277. The van der Waals surface area contributed by atoms with E-state index in [1.54, 1.807) is 12.3 Å². The van der Waals surface area contributed by atoms with E-state index < -0.39 is 0 Å². The minimum Gasteiger partial charge on any atom is -0.390 e. The first-order valence-corrected chi connectivity index (χ1v) is 6.84. The van der Waals surface area contributed by atoms with Crippen molar-refractivity contribution >= 4 is 11.6 Å². The van der Waals surface area contributed by atoms with Gasteiger partial charge in [0.05, 0.1) is 12.3 Å². The predicted molar refractivity (Wildman–Crippen MR) is 78.6 cm³/mol. The molecule has 3 rings (SSSR count). The fourth-order valence-electron chi connectivity index (χ4n) is 2.49. The van der Waals surface area contributed by atoms with Crippen LogP contribution in [0.1, 0.15) is 12.1 Å². The molecule has 0 spiro atoms. The molecule has 0 bridgehead atoms. The van der Waals surface area contributed by atoms with Gasteiger partial charge in [0.2, 0.25) is 5.95 Å². The first-order chi connectivity index (χ1) is 9.85. The van der Waals surface area contributed by atoms with E-state index in [0.717, 1.165) is 19.5 Å². The summed E-state index contributed by atoms with van der Waals surface area (Å²) in [5.41, 5.74) is 1.89. The van der Waals surface area contributed by atoms with Crippen LogP contribution in [0.15, 0.2) is 42.6 Å². The molecule has 1 aliphatic heterocycles. The van der Waals surface area contributed by atoms with Crippen molar-refractivity contribution in [2.45, 2.75) is 19.1 Å². The van der Waals surface area contributed by atoms with Crippen LogP contribution in [0.5, 0.6) is 0 Å². The SMILES string of the molecule is OCc1ccnc(NC2CCN(c3ccccc3)C2)n1. The van der Waals surface area contributed by atoms with Gasteiger partial charge in [-0.25, -0.2) is 9.97 Å². The maximum atomic E-state index is 9.09. The van der Waals surface area contributed by atoms with Crippen molar-refractivity contribution in [3.05, 3.63) is 48.3 Å². The molecule has 2 N–H and O–H groups in total. The van der Waals surface area contributed by atoms with Crippen LogP contribution in [0.3, 0.4) is 0 Å². The summed E-state index contributed by atoms with van der Waals surface area (Å²) in [7, 11) is 0. The largest absolute Gasteiger partial charge is 0.390 e. The number of rotatable bonds is 4.